The summed E-state index contributed by atoms with van der Waals surface area (Å²) in [7, 11) is 0. The molecule has 1 unspecified atom stereocenters. The fourth-order valence-corrected chi connectivity index (χ4v) is 1.79. The number of pyridine rings is 1. The Morgan fingerprint density at radius 1 is 1.45 bits per heavy atom. The van der Waals surface area contributed by atoms with Crippen molar-refractivity contribution < 1.29 is 14.7 Å². The Labute approximate surface area is 118 Å². The van der Waals surface area contributed by atoms with E-state index in [4.69, 9.17) is 5.11 Å². The number of carboxylic acid groups (broad SMARTS) is 1. The molecule has 0 aliphatic rings. The van der Waals surface area contributed by atoms with Gasteiger partial charge in [0.1, 0.15) is 0 Å². The molecule has 20 heavy (non-hydrogen) atoms. The van der Waals surface area contributed by atoms with Gasteiger partial charge in [-0.25, -0.2) is 4.79 Å². The zero-order chi connectivity index (χ0) is 14.8. The quantitative estimate of drug-likeness (QED) is 0.673. The summed E-state index contributed by atoms with van der Waals surface area (Å²) in [6, 6.07) is 3.67. The van der Waals surface area contributed by atoms with Crippen molar-refractivity contribution in [2.24, 2.45) is 0 Å². The predicted octanol–water partition coefficient (Wildman–Crippen LogP) is 1.57. The average Bonchev–Trinajstić information content (AvgIpc) is 2.39. The fraction of sp³-hybridized carbons (Fsp3) is 0.500. The van der Waals surface area contributed by atoms with Gasteiger partial charge in [-0.15, -0.1) is 0 Å². The smallest absolute Gasteiger partial charge is 0.315 e. The molecule has 0 bridgehead atoms. The van der Waals surface area contributed by atoms with Crippen molar-refractivity contribution >= 4 is 12.0 Å². The highest BCUT2D eigenvalue weighted by molar-refractivity contribution is 5.75. The van der Waals surface area contributed by atoms with Crippen LogP contribution in [0.4, 0.5) is 4.79 Å². The largest absolute Gasteiger partial charge is 0.481 e. The standard InChI is InChI=1S/C14H21N3O3/c1-11(17-14(20)16-9-7-13(18)19)4-2-5-12-6-3-8-15-10-12/h3,6,8,10-11H,2,4-5,7,9H2,1H3,(H,18,19)(H2,16,17,20). The van der Waals surface area contributed by atoms with Crippen LogP contribution in [0.25, 0.3) is 0 Å². The Morgan fingerprint density at radius 2 is 2.25 bits per heavy atom. The predicted molar refractivity (Wildman–Crippen MR) is 75.4 cm³/mol. The van der Waals surface area contributed by atoms with Gasteiger partial charge in [-0.05, 0) is 37.8 Å². The molecule has 1 aromatic rings. The molecular formula is C14H21N3O3. The van der Waals surface area contributed by atoms with E-state index < -0.39 is 5.97 Å². The summed E-state index contributed by atoms with van der Waals surface area (Å²) in [6.45, 7) is 2.07. The zero-order valence-electron chi connectivity index (χ0n) is 11.6. The van der Waals surface area contributed by atoms with Gasteiger partial charge in [-0.1, -0.05) is 6.07 Å². The normalized spacial score (nSPS) is 11.7. The molecule has 0 radical (unpaired) electrons. The van der Waals surface area contributed by atoms with Crippen LogP contribution >= 0.6 is 0 Å². The van der Waals surface area contributed by atoms with Crippen LogP contribution in [-0.2, 0) is 11.2 Å². The minimum absolute atomic E-state index is 0.0523. The first-order valence-corrected chi connectivity index (χ1v) is 6.73. The van der Waals surface area contributed by atoms with Crippen LogP contribution in [0.1, 0.15) is 31.7 Å². The van der Waals surface area contributed by atoms with Gasteiger partial charge < -0.3 is 15.7 Å². The van der Waals surface area contributed by atoms with Crippen molar-refractivity contribution in [1.82, 2.24) is 15.6 Å². The molecule has 1 atom stereocenters. The third kappa shape index (κ3) is 7.35. The lowest BCUT2D eigenvalue weighted by Gasteiger charge is -2.14. The summed E-state index contributed by atoms with van der Waals surface area (Å²) in [5.41, 5.74) is 1.19. The molecule has 1 aromatic heterocycles. The molecule has 0 saturated carbocycles. The first kappa shape index (κ1) is 15.9. The summed E-state index contributed by atoms with van der Waals surface area (Å²) < 4.78 is 0. The topological polar surface area (TPSA) is 91.3 Å². The number of aryl methyl sites for hydroxylation is 1. The number of rotatable bonds is 8. The third-order valence-electron chi connectivity index (χ3n) is 2.83. The molecular weight excluding hydrogens is 258 g/mol. The highest BCUT2D eigenvalue weighted by Crippen LogP contribution is 2.05. The molecule has 0 aliphatic heterocycles. The Hall–Kier alpha value is -2.11. The number of nitrogens with one attached hydrogen (secondary N) is 2. The van der Waals surface area contributed by atoms with E-state index in [1.165, 1.54) is 5.56 Å². The maximum Gasteiger partial charge on any atom is 0.315 e. The third-order valence-corrected chi connectivity index (χ3v) is 2.83. The molecule has 0 aliphatic carbocycles. The lowest BCUT2D eigenvalue weighted by molar-refractivity contribution is -0.136. The number of hydrogen-bond donors (Lipinski definition) is 3. The Morgan fingerprint density at radius 3 is 2.90 bits per heavy atom. The van der Waals surface area contributed by atoms with E-state index in [2.05, 4.69) is 15.6 Å². The van der Waals surface area contributed by atoms with Crippen molar-refractivity contribution in [3.8, 4) is 0 Å². The maximum absolute atomic E-state index is 11.4. The van der Waals surface area contributed by atoms with Gasteiger partial charge in [0.15, 0.2) is 0 Å². The molecule has 0 fully saturated rings. The number of carbonyl (C=O) groups excluding carboxylic acids is 1. The zero-order valence-corrected chi connectivity index (χ0v) is 11.6. The fourth-order valence-electron chi connectivity index (χ4n) is 1.79. The van der Waals surface area contributed by atoms with Crippen LogP contribution in [0.3, 0.4) is 0 Å². The minimum atomic E-state index is -0.921. The summed E-state index contributed by atoms with van der Waals surface area (Å²) in [4.78, 5) is 25.8. The number of carboxylic acids is 1. The molecule has 3 N–H and O–H groups in total. The van der Waals surface area contributed by atoms with Crippen molar-refractivity contribution in [3.63, 3.8) is 0 Å². The minimum Gasteiger partial charge on any atom is -0.481 e. The summed E-state index contributed by atoms with van der Waals surface area (Å²) in [6.07, 6.45) is 6.28. The number of amides is 2. The van der Waals surface area contributed by atoms with E-state index in [1.54, 1.807) is 6.20 Å². The first-order chi connectivity index (χ1) is 9.58. The Kier molecular flexibility index (Phi) is 7.10. The number of aliphatic carboxylic acids is 1. The van der Waals surface area contributed by atoms with Crippen LogP contribution in [0.5, 0.6) is 0 Å². The lowest BCUT2D eigenvalue weighted by atomic mass is 10.1. The second-order valence-corrected chi connectivity index (χ2v) is 4.70. The van der Waals surface area contributed by atoms with Crippen molar-refractivity contribution in [3.05, 3.63) is 30.1 Å². The molecule has 6 nitrogen and oxygen atoms in total. The molecule has 0 spiro atoms. The summed E-state index contributed by atoms with van der Waals surface area (Å²) in [5.74, 6) is -0.921. The van der Waals surface area contributed by atoms with Gasteiger partial charge in [0.2, 0.25) is 0 Å². The van der Waals surface area contributed by atoms with Gasteiger partial charge in [0.25, 0.3) is 0 Å². The Balaban J connectivity index is 2.12. The highest BCUT2D eigenvalue weighted by Gasteiger charge is 2.07. The van der Waals surface area contributed by atoms with Gasteiger partial charge >= 0.3 is 12.0 Å². The summed E-state index contributed by atoms with van der Waals surface area (Å²) in [5, 5.41) is 13.7. The van der Waals surface area contributed by atoms with Gasteiger partial charge in [0.05, 0.1) is 6.42 Å². The van der Waals surface area contributed by atoms with Crippen LogP contribution in [-0.4, -0.2) is 34.7 Å². The highest BCUT2D eigenvalue weighted by atomic mass is 16.4. The maximum atomic E-state index is 11.4. The molecule has 1 heterocycles. The molecule has 0 aromatic carbocycles. The number of carbonyl (C=O) groups is 2. The molecule has 1 rings (SSSR count). The van der Waals surface area contributed by atoms with Gasteiger partial charge in [-0.2, -0.15) is 0 Å². The summed E-state index contributed by atoms with van der Waals surface area (Å²) >= 11 is 0. The van der Waals surface area contributed by atoms with E-state index in [-0.39, 0.29) is 25.0 Å². The van der Waals surface area contributed by atoms with Crippen LogP contribution in [0.2, 0.25) is 0 Å². The van der Waals surface area contributed by atoms with E-state index in [0.717, 1.165) is 19.3 Å². The average molecular weight is 279 g/mol. The monoisotopic (exact) mass is 279 g/mol. The number of aromatic nitrogens is 1. The van der Waals surface area contributed by atoms with Crippen LogP contribution < -0.4 is 10.6 Å². The van der Waals surface area contributed by atoms with E-state index >= 15 is 0 Å². The number of nitrogens with zero attached hydrogens (tertiary/aromatic N) is 1. The number of hydrogen-bond acceptors (Lipinski definition) is 3. The van der Waals surface area contributed by atoms with Crippen molar-refractivity contribution in [1.29, 1.82) is 0 Å². The van der Waals surface area contributed by atoms with Gasteiger partial charge in [0, 0.05) is 25.0 Å². The molecule has 2 amide bonds. The lowest BCUT2D eigenvalue weighted by Crippen LogP contribution is -2.41. The SMILES string of the molecule is CC(CCCc1cccnc1)NC(=O)NCCC(=O)O. The van der Waals surface area contributed by atoms with Crippen LogP contribution in [0, 0.1) is 0 Å². The van der Waals surface area contributed by atoms with Crippen LogP contribution in [0.15, 0.2) is 24.5 Å². The van der Waals surface area contributed by atoms with E-state index in [0.29, 0.717) is 0 Å². The molecule has 6 heteroatoms. The molecule has 0 saturated heterocycles. The second kappa shape index (κ2) is 8.90. The number of urea groups is 1. The Bertz CT molecular complexity index is 423. The van der Waals surface area contributed by atoms with Crippen molar-refractivity contribution in [2.45, 2.75) is 38.6 Å². The van der Waals surface area contributed by atoms with E-state index in [1.807, 2.05) is 25.3 Å². The second-order valence-electron chi connectivity index (χ2n) is 4.70. The molecule has 110 valence electrons. The van der Waals surface area contributed by atoms with Crippen molar-refractivity contribution in [2.75, 3.05) is 6.54 Å². The van der Waals surface area contributed by atoms with E-state index in [9.17, 15) is 9.59 Å². The van der Waals surface area contributed by atoms with Gasteiger partial charge in [-0.3, -0.25) is 9.78 Å². The first-order valence-electron chi connectivity index (χ1n) is 6.73.